The first-order valence-corrected chi connectivity index (χ1v) is 16.2. The van der Waals surface area contributed by atoms with Crippen LogP contribution in [0.25, 0.3) is 0 Å². The van der Waals surface area contributed by atoms with E-state index in [0.29, 0.717) is 58.0 Å². The number of ether oxygens (including phenoxy) is 1. The van der Waals surface area contributed by atoms with Crippen LogP contribution >= 0.6 is 11.8 Å². The van der Waals surface area contributed by atoms with E-state index in [-0.39, 0.29) is 23.1 Å². The zero-order chi connectivity index (χ0) is 31.1. The predicted molar refractivity (Wildman–Crippen MR) is 176 cm³/mol. The molecule has 1 spiro atoms. The Morgan fingerprint density at radius 3 is 2.49 bits per heavy atom. The quantitative estimate of drug-likeness (QED) is 0.435. The van der Waals surface area contributed by atoms with Gasteiger partial charge in [-0.3, -0.25) is 14.4 Å². The molecule has 5 heterocycles. The van der Waals surface area contributed by atoms with Crippen molar-refractivity contribution in [2.75, 3.05) is 48.8 Å². The van der Waals surface area contributed by atoms with Crippen molar-refractivity contribution in [1.82, 2.24) is 15.2 Å². The van der Waals surface area contributed by atoms with Gasteiger partial charge in [-0.15, -0.1) is 11.8 Å². The van der Waals surface area contributed by atoms with Crippen molar-refractivity contribution in [2.24, 2.45) is 5.41 Å². The van der Waals surface area contributed by atoms with Gasteiger partial charge in [0.15, 0.2) is 0 Å². The Balaban J connectivity index is 1.05. The van der Waals surface area contributed by atoms with Crippen molar-refractivity contribution >= 4 is 41.0 Å². The number of aromatic nitrogens is 1. The molecule has 2 saturated heterocycles. The summed E-state index contributed by atoms with van der Waals surface area (Å²) in [6.07, 6.45) is 9.81. The molecule has 0 bridgehead atoms. The molecule has 4 aliphatic heterocycles. The fraction of sp³-hybridized carbons (Fsp3) is 0.314. The van der Waals surface area contributed by atoms with Crippen LogP contribution < -0.4 is 15.5 Å². The van der Waals surface area contributed by atoms with Gasteiger partial charge in [-0.25, -0.2) is 4.98 Å². The van der Waals surface area contributed by atoms with E-state index in [1.807, 2.05) is 6.08 Å². The van der Waals surface area contributed by atoms with Gasteiger partial charge in [0.1, 0.15) is 5.82 Å². The standard InChI is InChI=1S/C35H35N5O4S/c1-3-26-28-17-45-30(33(42)38-25-11-12-25)16-23(28)13-15-40(29(26)4-2)34(43)22-7-9-24(10-8-22)37-32(41)27-6-5-14-36-31(27)39-18-35(19-39)20-44-21-35/h3-10,14,16,25H,1-2,11-13,15,17-21H2,(H,37,41)(H,38,42). The second kappa shape index (κ2) is 11.8. The number of hydrogen-bond acceptors (Lipinski definition) is 7. The van der Waals surface area contributed by atoms with E-state index in [2.05, 4.69) is 33.7 Å². The van der Waals surface area contributed by atoms with Crippen molar-refractivity contribution in [3.63, 3.8) is 0 Å². The first-order chi connectivity index (χ1) is 21.9. The van der Waals surface area contributed by atoms with Gasteiger partial charge in [-0.05, 0) is 79.0 Å². The number of carbonyl (C=O) groups excluding carboxylic acids is 3. The van der Waals surface area contributed by atoms with Crippen molar-refractivity contribution in [3.8, 4) is 0 Å². The normalized spacial score (nSPS) is 20.3. The Kier molecular flexibility index (Phi) is 7.71. The average molecular weight is 622 g/mol. The van der Waals surface area contributed by atoms with Crippen molar-refractivity contribution < 1.29 is 19.1 Å². The molecule has 0 unspecified atom stereocenters. The Labute approximate surface area is 266 Å². The maximum Gasteiger partial charge on any atom is 0.259 e. The molecule has 9 nitrogen and oxygen atoms in total. The first-order valence-electron chi connectivity index (χ1n) is 15.3. The summed E-state index contributed by atoms with van der Waals surface area (Å²) in [6.45, 7) is 11.7. The largest absolute Gasteiger partial charge is 0.380 e. The summed E-state index contributed by atoms with van der Waals surface area (Å²) < 4.78 is 5.38. The van der Waals surface area contributed by atoms with E-state index in [1.165, 1.54) is 11.8 Å². The fourth-order valence-corrected chi connectivity index (χ4v) is 7.35. The molecule has 0 atom stereocenters. The monoisotopic (exact) mass is 621 g/mol. The lowest BCUT2D eigenvalue weighted by molar-refractivity contribution is -0.127. The molecule has 230 valence electrons. The number of benzene rings is 1. The minimum atomic E-state index is -0.254. The lowest BCUT2D eigenvalue weighted by Gasteiger charge is -2.55. The maximum absolute atomic E-state index is 13.9. The van der Waals surface area contributed by atoms with Gasteiger partial charge < -0.3 is 25.2 Å². The molecule has 3 fully saturated rings. The summed E-state index contributed by atoms with van der Waals surface area (Å²) in [5.41, 5.74) is 5.44. The number of thioether (sulfide) groups is 1. The number of pyridine rings is 1. The van der Waals surface area contributed by atoms with Gasteiger partial charge in [0.25, 0.3) is 17.7 Å². The predicted octanol–water partition coefficient (Wildman–Crippen LogP) is 4.85. The molecule has 45 heavy (non-hydrogen) atoms. The summed E-state index contributed by atoms with van der Waals surface area (Å²) in [5.74, 6) is 0.841. The highest BCUT2D eigenvalue weighted by atomic mass is 32.2. The number of carbonyl (C=O) groups is 3. The molecule has 7 rings (SSSR count). The third kappa shape index (κ3) is 5.64. The van der Waals surface area contributed by atoms with Crippen LogP contribution in [0, 0.1) is 5.41 Å². The Bertz CT molecular complexity index is 1690. The van der Waals surface area contributed by atoms with Crippen LogP contribution in [0.2, 0.25) is 0 Å². The van der Waals surface area contributed by atoms with Crippen LogP contribution in [0.5, 0.6) is 0 Å². The second-order valence-electron chi connectivity index (χ2n) is 12.2. The number of rotatable bonds is 8. The number of allylic oxidation sites excluding steroid dienone is 4. The molecule has 3 amide bonds. The van der Waals surface area contributed by atoms with Gasteiger partial charge in [0, 0.05) is 54.4 Å². The van der Waals surface area contributed by atoms with Gasteiger partial charge in [-0.2, -0.15) is 0 Å². The number of anilines is 2. The molecule has 5 aliphatic rings. The average Bonchev–Trinajstić information content (AvgIpc) is 3.85. The van der Waals surface area contributed by atoms with Crippen LogP contribution in [0.4, 0.5) is 11.5 Å². The van der Waals surface area contributed by atoms with Crippen LogP contribution in [0.3, 0.4) is 0 Å². The van der Waals surface area contributed by atoms with Crippen LogP contribution in [0.1, 0.15) is 40.0 Å². The smallest absolute Gasteiger partial charge is 0.259 e. The number of nitrogens with zero attached hydrogens (tertiary/aromatic N) is 3. The molecule has 1 aromatic heterocycles. The minimum absolute atomic E-state index is 0.0241. The number of nitrogens with one attached hydrogen (secondary N) is 2. The molecular weight excluding hydrogens is 586 g/mol. The van der Waals surface area contributed by atoms with E-state index in [1.54, 1.807) is 59.6 Å². The summed E-state index contributed by atoms with van der Waals surface area (Å²) in [5, 5.41) is 6.04. The third-order valence-corrected chi connectivity index (χ3v) is 9.98. The minimum Gasteiger partial charge on any atom is -0.380 e. The summed E-state index contributed by atoms with van der Waals surface area (Å²) in [6, 6.07) is 10.8. The van der Waals surface area contributed by atoms with Crippen molar-refractivity contribution in [3.05, 3.63) is 112 Å². The van der Waals surface area contributed by atoms with Crippen LogP contribution in [-0.2, 0) is 9.53 Å². The van der Waals surface area contributed by atoms with Crippen LogP contribution in [0.15, 0.2) is 101 Å². The van der Waals surface area contributed by atoms with E-state index in [9.17, 15) is 14.4 Å². The molecule has 2 N–H and O–H groups in total. The van der Waals surface area contributed by atoms with Crippen LogP contribution in [-0.4, -0.2) is 72.2 Å². The Morgan fingerprint density at radius 1 is 1.04 bits per heavy atom. The fourth-order valence-electron chi connectivity index (χ4n) is 6.29. The van der Waals surface area contributed by atoms with Gasteiger partial charge in [0.05, 0.1) is 34.8 Å². The lowest BCUT2D eigenvalue weighted by atomic mass is 9.78. The van der Waals surface area contributed by atoms with Gasteiger partial charge >= 0.3 is 0 Å². The number of hydrogen-bond donors (Lipinski definition) is 2. The zero-order valence-corrected chi connectivity index (χ0v) is 25.8. The molecular formula is C35H35N5O4S. The van der Waals surface area contributed by atoms with Gasteiger partial charge in [0.2, 0.25) is 0 Å². The maximum atomic E-state index is 13.9. The highest BCUT2D eigenvalue weighted by Crippen LogP contribution is 2.41. The van der Waals surface area contributed by atoms with Crippen molar-refractivity contribution in [2.45, 2.75) is 25.3 Å². The SMILES string of the molecule is C=CC1=C(C=C)N(C(=O)c2ccc(NC(=O)c3cccnc3N3CC4(COC4)C3)cc2)CCC2=C1CSC(C(=O)NC1CC1)=C2. The summed E-state index contributed by atoms with van der Waals surface area (Å²) in [4.78, 5) is 49.0. The molecule has 0 radical (unpaired) electrons. The van der Waals surface area contributed by atoms with E-state index < -0.39 is 0 Å². The third-order valence-electron chi connectivity index (χ3n) is 8.93. The Morgan fingerprint density at radius 2 is 1.82 bits per heavy atom. The van der Waals surface area contributed by atoms with E-state index in [4.69, 9.17) is 4.74 Å². The molecule has 1 aliphatic carbocycles. The Hall–Kier alpha value is -4.41. The molecule has 10 heteroatoms. The van der Waals surface area contributed by atoms with E-state index in [0.717, 1.165) is 55.9 Å². The summed E-state index contributed by atoms with van der Waals surface area (Å²) in [7, 11) is 0. The lowest BCUT2D eigenvalue weighted by Crippen LogP contribution is -2.66. The topological polar surface area (TPSA) is 104 Å². The highest BCUT2D eigenvalue weighted by Gasteiger charge is 2.50. The van der Waals surface area contributed by atoms with Gasteiger partial charge in [-0.1, -0.05) is 19.2 Å². The zero-order valence-electron chi connectivity index (χ0n) is 25.0. The van der Waals surface area contributed by atoms with E-state index >= 15 is 0 Å². The molecule has 2 aromatic rings. The molecule has 1 aromatic carbocycles. The number of amides is 3. The molecule has 1 saturated carbocycles. The van der Waals surface area contributed by atoms with Crippen molar-refractivity contribution in [1.29, 1.82) is 0 Å². The second-order valence-corrected chi connectivity index (χ2v) is 13.2. The summed E-state index contributed by atoms with van der Waals surface area (Å²) >= 11 is 1.51. The highest BCUT2D eigenvalue weighted by molar-refractivity contribution is 8.04. The first kappa shape index (κ1) is 29.3.